The van der Waals surface area contributed by atoms with Gasteiger partial charge in [0.1, 0.15) is 0 Å². The molecule has 0 saturated carbocycles. The lowest BCUT2D eigenvalue weighted by Crippen LogP contribution is -2.47. The molecule has 2 N–H and O–H groups in total. The van der Waals surface area contributed by atoms with E-state index in [-0.39, 0.29) is 5.91 Å². The fraction of sp³-hybridized carbons (Fsp3) is 0.346. The molecular weight excluding hydrogens is 455 g/mol. The molecule has 33 heavy (non-hydrogen) atoms. The predicted octanol–water partition coefficient (Wildman–Crippen LogP) is 5.55. The zero-order chi connectivity index (χ0) is 23.4. The number of nitrogens with zero attached hydrogens (tertiary/aromatic N) is 2. The molecular formula is C26H30Cl2N4O. The lowest BCUT2D eigenvalue weighted by atomic mass is 10.1. The summed E-state index contributed by atoms with van der Waals surface area (Å²) in [6.07, 6.45) is 0.915. The number of rotatable bonds is 7. The minimum Gasteiger partial charge on any atom is -0.368 e. The standard InChI is InChI=1S/C26H30Cl2N4O/c1-18-7-9-20(10-8-18)23-17-21(19(2)30-23)26(33)29-11-4-12-31-13-15-32(16-14-31)24-6-3-5-22(27)25(24)28/h3,5-10,17,30H,4,11-16H2,1-2H3,(H,29,33). The number of H-pyrrole nitrogens is 1. The highest BCUT2D eigenvalue weighted by Gasteiger charge is 2.20. The number of aryl methyl sites for hydroxylation is 2. The van der Waals surface area contributed by atoms with Crippen molar-refractivity contribution in [2.45, 2.75) is 20.3 Å². The van der Waals surface area contributed by atoms with Crippen molar-refractivity contribution in [1.82, 2.24) is 15.2 Å². The van der Waals surface area contributed by atoms with E-state index in [0.717, 1.165) is 61.8 Å². The number of hydrogen-bond acceptors (Lipinski definition) is 3. The number of benzene rings is 2. The molecule has 2 aromatic carbocycles. The van der Waals surface area contributed by atoms with Crippen molar-refractivity contribution in [3.63, 3.8) is 0 Å². The smallest absolute Gasteiger partial charge is 0.253 e. The SMILES string of the molecule is Cc1ccc(-c2cc(C(=O)NCCCN3CCN(c4cccc(Cl)c4Cl)CC3)c(C)[nH]2)cc1. The van der Waals surface area contributed by atoms with Gasteiger partial charge in [-0.25, -0.2) is 0 Å². The summed E-state index contributed by atoms with van der Waals surface area (Å²) in [5.74, 6) is -0.0254. The van der Waals surface area contributed by atoms with Crippen molar-refractivity contribution in [3.05, 3.63) is 75.4 Å². The van der Waals surface area contributed by atoms with Crippen LogP contribution >= 0.6 is 23.2 Å². The Kier molecular flexibility index (Phi) is 7.63. The average molecular weight is 485 g/mol. The molecule has 1 saturated heterocycles. The van der Waals surface area contributed by atoms with Gasteiger partial charge in [0.15, 0.2) is 0 Å². The quantitative estimate of drug-likeness (QED) is 0.432. The number of amides is 1. The molecule has 0 bridgehead atoms. The van der Waals surface area contributed by atoms with Gasteiger partial charge >= 0.3 is 0 Å². The number of carbonyl (C=O) groups excluding carboxylic acids is 1. The highest BCUT2D eigenvalue weighted by Crippen LogP contribution is 2.32. The number of piperazine rings is 1. The molecule has 0 atom stereocenters. The van der Waals surface area contributed by atoms with Crippen molar-refractivity contribution in [2.24, 2.45) is 0 Å². The summed E-state index contributed by atoms with van der Waals surface area (Å²) < 4.78 is 0. The van der Waals surface area contributed by atoms with Crippen LogP contribution in [0.15, 0.2) is 48.5 Å². The average Bonchev–Trinajstić information content (AvgIpc) is 3.21. The predicted molar refractivity (Wildman–Crippen MR) is 138 cm³/mol. The molecule has 1 aromatic heterocycles. The Morgan fingerprint density at radius 1 is 1.03 bits per heavy atom. The van der Waals surface area contributed by atoms with Crippen LogP contribution in [0.3, 0.4) is 0 Å². The Hall–Kier alpha value is -2.47. The molecule has 4 rings (SSSR count). The van der Waals surface area contributed by atoms with Gasteiger partial charge in [-0.15, -0.1) is 0 Å². The summed E-state index contributed by atoms with van der Waals surface area (Å²) in [5, 5.41) is 4.29. The minimum absolute atomic E-state index is 0.0254. The van der Waals surface area contributed by atoms with Crippen LogP contribution in [0.2, 0.25) is 10.0 Å². The van der Waals surface area contributed by atoms with Gasteiger partial charge in [-0.2, -0.15) is 0 Å². The van der Waals surface area contributed by atoms with Gasteiger partial charge in [0.25, 0.3) is 5.91 Å². The third kappa shape index (κ3) is 5.72. The molecule has 0 radical (unpaired) electrons. The molecule has 1 fully saturated rings. The number of anilines is 1. The van der Waals surface area contributed by atoms with Crippen LogP contribution in [0, 0.1) is 13.8 Å². The number of nitrogens with one attached hydrogen (secondary N) is 2. The zero-order valence-corrected chi connectivity index (χ0v) is 20.6. The van der Waals surface area contributed by atoms with Gasteiger partial charge in [0.05, 0.1) is 21.3 Å². The largest absolute Gasteiger partial charge is 0.368 e. The maximum atomic E-state index is 12.7. The number of aromatic amines is 1. The number of halogens is 2. The molecule has 0 aliphatic carbocycles. The van der Waals surface area contributed by atoms with Crippen LogP contribution in [0.5, 0.6) is 0 Å². The van der Waals surface area contributed by atoms with Crippen LogP contribution < -0.4 is 10.2 Å². The summed E-state index contributed by atoms with van der Waals surface area (Å²) in [4.78, 5) is 20.8. The van der Waals surface area contributed by atoms with Crippen molar-refractivity contribution in [3.8, 4) is 11.3 Å². The Morgan fingerprint density at radius 3 is 2.48 bits per heavy atom. The van der Waals surface area contributed by atoms with Crippen LogP contribution in [0.4, 0.5) is 5.69 Å². The van der Waals surface area contributed by atoms with E-state index in [1.54, 1.807) is 0 Å². The first kappa shape index (κ1) is 23.7. The van der Waals surface area contributed by atoms with E-state index in [2.05, 4.69) is 51.3 Å². The Morgan fingerprint density at radius 2 is 1.76 bits per heavy atom. The second kappa shape index (κ2) is 10.6. The van der Waals surface area contributed by atoms with E-state index < -0.39 is 0 Å². The minimum atomic E-state index is -0.0254. The fourth-order valence-corrected chi connectivity index (χ4v) is 4.65. The Labute approximate surface area is 205 Å². The summed E-state index contributed by atoms with van der Waals surface area (Å²) in [5.41, 5.74) is 5.87. The summed E-state index contributed by atoms with van der Waals surface area (Å²) in [6.45, 7) is 9.38. The van der Waals surface area contributed by atoms with Crippen LogP contribution in [0.1, 0.15) is 28.0 Å². The highest BCUT2D eigenvalue weighted by molar-refractivity contribution is 6.43. The summed E-state index contributed by atoms with van der Waals surface area (Å²) in [6, 6.07) is 16.0. The maximum absolute atomic E-state index is 12.7. The first-order valence-corrected chi connectivity index (χ1v) is 12.1. The number of carbonyl (C=O) groups is 1. The molecule has 0 spiro atoms. The van der Waals surface area contributed by atoms with E-state index >= 15 is 0 Å². The molecule has 3 aromatic rings. The third-order valence-corrected chi connectivity index (χ3v) is 7.01. The molecule has 7 heteroatoms. The zero-order valence-electron chi connectivity index (χ0n) is 19.1. The van der Waals surface area contributed by atoms with Gasteiger partial charge < -0.3 is 15.2 Å². The van der Waals surface area contributed by atoms with Crippen molar-refractivity contribution >= 4 is 34.8 Å². The topological polar surface area (TPSA) is 51.4 Å². The van der Waals surface area contributed by atoms with Gasteiger partial charge in [0.2, 0.25) is 0 Å². The summed E-state index contributed by atoms with van der Waals surface area (Å²) >= 11 is 12.5. The second-order valence-corrected chi connectivity index (χ2v) is 9.38. The first-order chi connectivity index (χ1) is 15.9. The second-order valence-electron chi connectivity index (χ2n) is 8.60. The lowest BCUT2D eigenvalue weighted by Gasteiger charge is -2.36. The maximum Gasteiger partial charge on any atom is 0.253 e. The number of aromatic nitrogens is 1. The summed E-state index contributed by atoms with van der Waals surface area (Å²) in [7, 11) is 0. The molecule has 1 aliphatic heterocycles. The van der Waals surface area contributed by atoms with E-state index in [0.29, 0.717) is 22.2 Å². The van der Waals surface area contributed by atoms with Crippen molar-refractivity contribution in [1.29, 1.82) is 0 Å². The number of hydrogen-bond donors (Lipinski definition) is 2. The lowest BCUT2D eigenvalue weighted by molar-refractivity contribution is 0.0951. The van der Waals surface area contributed by atoms with Crippen molar-refractivity contribution in [2.75, 3.05) is 44.2 Å². The molecule has 1 aliphatic rings. The van der Waals surface area contributed by atoms with E-state index in [1.807, 2.05) is 31.2 Å². The molecule has 0 unspecified atom stereocenters. The molecule has 174 valence electrons. The van der Waals surface area contributed by atoms with Gasteiger partial charge in [-0.05, 0) is 50.6 Å². The van der Waals surface area contributed by atoms with Crippen LogP contribution in [-0.4, -0.2) is 55.1 Å². The molecule has 2 heterocycles. The van der Waals surface area contributed by atoms with E-state index in [4.69, 9.17) is 23.2 Å². The third-order valence-electron chi connectivity index (χ3n) is 6.20. The Bertz CT molecular complexity index is 1100. The van der Waals surface area contributed by atoms with E-state index in [9.17, 15) is 4.79 Å². The Balaban J connectivity index is 1.22. The van der Waals surface area contributed by atoms with Gasteiger partial charge in [-0.1, -0.05) is 59.1 Å². The van der Waals surface area contributed by atoms with Gasteiger partial charge in [0, 0.05) is 44.1 Å². The molecule has 5 nitrogen and oxygen atoms in total. The fourth-order valence-electron chi connectivity index (χ4n) is 4.23. The highest BCUT2D eigenvalue weighted by atomic mass is 35.5. The van der Waals surface area contributed by atoms with Crippen LogP contribution in [-0.2, 0) is 0 Å². The normalized spacial score (nSPS) is 14.5. The van der Waals surface area contributed by atoms with Crippen LogP contribution in [0.25, 0.3) is 11.3 Å². The molecule has 1 amide bonds. The van der Waals surface area contributed by atoms with E-state index in [1.165, 1.54) is 5.56 Å². The van der Waals surface area contributed by atoms with Crippen molar-refractivity contribution < 1.29 is 4.79 Å². The first-order valence-electron chi connectivity index (χ1n) is 11.4. The monoisotopic (exact) mass is 484 g/mol. The van der Waals surface area contributed by atoms with Gasteiger partial charge in [-0.3, -0.25) is 9.69 Å².